The van der Waals surface area contributed by atoms with Gasteiger partial charge in [-0.3, -0.25) is 0 Å². The lowest BCUT2D eigenvalue weighted by atomic mass is 10.2. The van der Waals surface area contributed by atoms with E-state index in [2.05, 4.69) is 10.3 Å². The van der Waals surface area contributed by atoms with Gasteiger partial charge in [0, 0.05) is 12.1 Å². The van der Waals surface area contributed by atoms with E-state index in [1.807, 2.05) is 13.8 Å². The van der Waals surface area contributed by atoms with Crippen molar-refractivity contribution in [2.75, 3.05) is 18.5 Å². The van der Waals surface area contributed by atoms with E-state index >= 15 is 0 Å². The van der Waals surface area contributed by atoms with Gasteiger partial charge >= 0.3 is 0 Å². The van der Waals surface area contributed by atoms with Crippen molar-refractivity contribution >= 4 is 15.7 Å². The Morgan fingerprint density at radius 1 is 1.07 bits per heavy atom. The Morgan fingerprint density at radius 2 is 1.79 bits per heavy atom. The molecule has 1 aromatic heterocycles. The summed E-state index contributed by atoms with van der Waals surface area (Å²) in [7, 11) is -4.07. The van der Waals surface area contributed by atoms with Crippen LogP contribution in [0.1, 0.15) is 13.8 Å². The smallest absolute Gasteiger partial charge is 0.234 e. The normalized spacial score (nSPS) is 13.5. The zero-order valence-electron chi connectivity index (χ0n) is 15.8. The second-order valence-electron chi connectivity index (χ2n) is 6.74. The van der Waals surface area contributed by atoms with Crippen LogP contribution in [0.25, 0.3) is 11.5 Å². The first-order chi connectivity index (χ1) is 13.9. The van der Waals surface area contributed by atoms with E-state index in [1.54, 1.807) is 6.07 Å². The van der Waals surface area contributed by atoms with Gasteiger partial charge in [0.2, 0.25) is 26.6 Å². The minimum Gasteiger partial charge on any atom is -0.486 e. The number of hydrogen-bond acceptors (Lipinski definition) is 7. The average Bonchev–Trinajstić information content (AvgIpc) is 3.11. The number of nitrogens with zero attached hydrogens (tertiary/aromatic N) is 1. The summed E-state index contributed by atoms with van der Waals surface area (Å²) in [5.74, 6) is 0.0834. The molecular weight excluding hydrogens is 399 g/mol. The highest BCUT2D eigenvalue weighted by Gasteiger charge is 2.30. The molecule has 2 heterocycles. The number of hydrogen-bond donors (Lipinski definition) is 1. The summed E-state index contributed by atoms with van der Waals surface area (Å²) in [6, 6.07) is 10.1. The summed E-state index contributed by atoms with van der Waals surface area (Å²) < 4.78 is 57.3. The zero-order valence-corrected chi connectivity index (χ0v) is 16.6. The molecule has 0 spiro atoms. The van der Waals surface area contributed by atoms with E-state index in [0.717, 1.165) is 0 Å². The summed E-state index contributed by atoms with van der Waals surface area (Å²) >= 11 is 0. The quantitative estimate of drug-likeness (QED) is 0.672. The van der Waals surface area contributed by atoms with Crippen LogP contribution in [-0.2, 0) is 9.84 Å². The van der Waals surface area contributed by atoms with Crippen molar-refractivity contribution in [2.45, 2.75) is 29.8 Å². The molecule has 0 amide bonds. The first-order valence-electron chi connectivity index (χ1n) is 9.03. The van der Waals surface area contributed by atoms with Gasteiger partial charge < -0.3 is 19.2 Å². The minimum atomic E-state index is -4.07. The Kier molecular flexibility index (Phi) is 4.91. The third kappa shape index (κ3) is 3.65. The Hall–Kier alpha value is -3.07. The van der Waals surface area contributed by atoms with Gasteiger partial charge in [-0.15, -0.1) is 0 Å². The number of fused-ring (bicyclic) bond motifs is 1. The predicted molar refractivity (Wildman–Crippen MR) is 104 cm³/mol. The molecule has 3 aromatic rings. The van der Waals surface area contributed by atoms with Crippen LogP contribution in [-0.4, -0.2) is 32.7 Å². The number of anilines is 1. The molecule has 7 nitrogen and oxygen atoms in total. The molecule has 29 heavy (non-hydrogen) atoms. The van der Waals surface area contributed by atoms with Gasteiger partial charge in [0.25, 0.3) is 0 Å². The topological polar surface area (TPSA) is 90.7 Å². The number of benzene rings is 2. The highest BCUT2D eigenvalue weighted by atomic mass is 32.2. The third-order valence-electron chi connectivity index (χ3n) is 4.20. The standard InChI is InChI=1S/C20H19FN2O5S/c1-12(2)22-19-20(23-18(28-19)14-5-3-4-6-15(14)21)29(24,25)13-7-8-16-17(11-13)27-10-9-26-16/h3-8,11-12,22H,9-10H2,1-2H3. The van der Waals surface area contributed by atoms with Gasteiger partial charge in [0.15, 0.2) is 11.5 Å². The third-order valence-corrected chi connectivity index (χ3v) is 5.86. The average molecular weight is 418 g/mol. The minimum absolute atomic E-state index is 0.0260. The highest BCUT2D eigenvalue weighted by Crippen LogP contribution is 2.37. The first-order valence-corrected chi connectivity index (χ1v) is 10.5. The molecule has 1 N–H and O–H groups in total. The Bertz CT molecular complexity index is 1160. The van der Waals surface area contributed by atoms with Crippen molar-refractivity contribution < 1.29 is 26.7 Å². The maximum absolute atomic E-state index is 14.2. The lowest BCUT2D eigenvalue weighted by molar-refractivity contribution is 0.171. The van der Waals surface area contributed by atoms with Crippen LogP contribution in [0.3, 0.4) is 0 Å². The molecular formula is C20H19FN2O5S. The molecule has 1 aliphatic rings. The molecule has 1 aliphatic heterocycles. The summed E-state index contributed by atoms with van der Waals surface area (Å²) in [6.07, 6.45) is 0. The molecule has 0 fully saturated rings. The van der Waals surface area contributed by atoms with Crippen molar-refractivity contribution in [2.24, 2.45) is 0 Å². The maximum atomic E-state index is 14.2. The van der Waals surface area contributed by atoms with E-state index in [9.17, 15) is 12.8 Å². The van der Waals surface area contributed by atoms with Gasteiger partial charge in [-0.25, -0.2) is 12.8 Å². The lowest BCUT2D eigenvalue weighted by Crippen LogP contribution is -2.16. The Morgan fingerprint density at radius 3 is 2.52 bits per heavy atom. The molecule has 0 atom stereocenters. The van der Waals surface area contributed by atoms with Crippen LogP contribution in [0, 0.1) is 5.82 Å². The van der Waals surface area contributed by atoms with Crippen LogP contribution in [0.15, 0.2) is 56.8 Å². The van der Waals surface area contributed by atoms with Crippen LogP contribution >= 0.6 is 0 Å². The number of nitrogens with one attached hydrogen (secondary N) is 1. The highest BCUT2D eigenvalue weighted by molar-refractivity contribution is 7.91. The molecule has 9 heteroatoms. The Balaban J connectivity index is 1.83. The largest absolute Gasteiger partial charge is 0.486 e. The number of rotatable bonds is 5. The number of sulfone groups is 1. The van der Waals surface area contributed by atoms with E-state index in [1.165, 1.54) is 36.4 Å². The maximum Gasteiger partial charge on any atom is 0.234 e. The summed E-state index contributed by atoms with van der Waals surface area (Å²) in [6.45, 7) is 4.38. The van der Waals surface area contributed by atoms with Crippen molar-refractivity contribution in [3.05, 3.63) is 48.3 Å². The van der Waals surface area contributed by atoms with Gasteiger partial charge in [-0.05, 0) is 38.1 Å². The van der Waals surface area contributed by atoms with Crippen LogP contribution in [0.5, 0.6) is 11.5 Å². The molecule has 0 saturated heterocycles. The SMILES string of the molecule is CC(C)Nc1oc(-c2ccccc2F)nc1S(=O)(=O)c1ccc2c(c1)OCCO2. The summed E-state index contributed by atoms with van der Waals surface area (Å²) in [4.78, 5) is 4.10. The molecule has 152 valence electrons. The zero-order chi connectivity index (χ0) is 20.6. The summed E-state index contributed by atoms with van der Waals surface area (Å²) in [5, 5.41) is 2.62. The molecule has 0 aliphatic carbocycles. The molecule has 0 saturated carbocycles. The van der Waals surface area contributed by atoms with Crippen molar-refractivity contribution in [3.8, 4) is 23.0 Å². The van der Waals surface area contributed by atoms with Crippen LogP contribution in [0.2, 0.25) is 0 Å². The van der Waals surface area contributed by atoms with Crippen molar-refractivity contribution in [1.82, 2.24) is 4.98 Å². The first kappa shape index (κ1) is 19.3. The summed E-state index contributed by atoms with van der Waals surface area (Å²) in [5.41, 5.74) is 0.0722. The number of ether oxygens (including phenoxy) is 2. The molecule has 0 bridgehead atoms. The van der Waals surface area contributed by atoms with Gasteiger partial charge in [-0.2, -0.15) is 4.98 Å². The van der Waals surface area contributed by atoms with Crippen molar-refractivity contribution in [1.29, 1.82) is 0 Å². The van der Waals surface area contributed by atoms with E-state index in [4.69, 9.17) is 13.9 Å². The van der Waals surface area contributed by atoms with Crippen molar-refractivity contribution in [3.63, 3.8) is 0 Å². The van der Waals surface area contributed by atoms with Crippen LogP contribution in [0.4, 0.5) is 10.3 Å². The fourth-order valence-electron chi connectivity index (χ4n) is 2.89. The molecule has 2 aromatic carbocycles. The van der Waals surface area contributed by atoms with Gasteiger partial charge in [0.1, 0.15) is 19.0 Å². The van der Waals surface area contributed by atoms with E-state index in [0.29, 0.717) is 24.7 Å². The fraction of sp³-hybridized carbons (Fsp3) is 0.250. The second kappa shape index (κ2) is 7.40. The Labute approximate surface area is 167 Å². The second-order valence-corrected chi connectivity index (χ2v) is 8.61. The lowest BCUT2D eigenvalue weighted by Gasteiger charge is -2.18. The van der Waals surface area contributed by atoms with E-state index < -0.39 is 15.7 Å². The number of aromatic nitrogens is 1. The molecule has 0 radical (unpaired) electrons. The molecule has 0 unspecified atom stereocenters. The fourth-order valence-corrected chi connectivity index (χ4v) is 4.17. The molecule has 4 rings (SSSR count). The van der Waals surface area contributed by atoms with Gasteiger partial charge in [0.05, 0.1) is 10.5 Å². The van der Waals surface area contributed by atoms with E-state index in [-0.39, 0.29) is 33.3 Å². The predicted octanol–water partition coefficient (Wildman–Crippen LogP) is 3.91. The monoisotopic (exact) mass is 418 g/mol. The van der Waals surface area contributed by atoms with Crippen LogP contribution < -0.4 is 14.8 Å². The van der Waals surface area contributed by atoms with Gasteiger partial charge in [-0.1, -0.05) is 12.1 Å². The number of halogens is 1. The number of oxazole rings is 1.